The van der Waals surface area contributed by atoms with Crippen LogP contribution in [0.5, 0.6) is 11.5 Å². The molecule has 0 aliphatic rings. The first kappa shape index (κ1) is 12.5. The van der Waals surface area contributed by atoms with Crippen molar-refractivity contribution in [3.63, 3.8) is 0 Å². The van der Waals surface area contributed by atoms with Crippen molar-refractivity contribution in [2.75, 3.05) is 0 Å². The summed E-state index contributed by atoms with van der Waals surface area (Å²) in [6.45, 7) is 1.09. The van der Waals surface area contributed by atoms with E-state index in [1.807, 2.05) is 0 Å². The number of hydrogen-bond acceptors (Lipinski definition) is 3. The first-order chi connectivity index (χ1) is 7.20. The molecule has 0 fully saturated rings. The van der Waals surface area contributed by atoms with Crippen LogP contribution in [0.1, 0.15) is 17.8 Å². The zero-order valence-corrected chi connectivity index (χ0v) is 7.85. The molecule has 0 aliphatic carbocycles. The summed E-state index contributed by atoms with van der Waals surface area (Å²) in [4.78, 5) is 3.22. The van der Waals surface area contributed by atoms with Gasteiger partial charge in [0.2, 0.25) is 0 Å². The minimum absolute atomic E-state index is 0.348. The Bertz CT molecular complexity index is 391. The van der Waals surface area contributed by atoms with Crippen LogP contribution in [0, 0.1) is 6.92 Å². The summed E-state index contributed by atoms with van der Waals surface area (Å²) in [5, 5.41) is 9.13. The van der Waals surface area contributed by atoms with Crippen molar-refractivity contribution in [3.05, 3.63) is 17.5 Å². The topological polar surface area (TPSA) is 42.4 Å². The number of aryl methyl sites for hydroxylation is 1. The molecule has 90 valence electrons. The van der Waals surface area contributed by atoms with Crippen molar-refractivity contribution in [2.45, 2.75) is 19.7 Å². The standard InChI is InChI=1S/C8H6F5NO2/c1-3-6(15)5(16-8(11,12)13)2-4(14-3)7(9)10/h2,7,15H,1H3. The number of halogens is 5. The number of ether oxygens (including phenoxy) is 1. The van der Waals surface area contributed by atoms with E-state index in [1.165, 1.54) is 0 Å². The van der Waals surface area contributed by atoms with Crippen LogP contribution in [0.25, 0.3) is 0 Å². The average molecular weight is 243 g/mol. The van der Waals surface area contributed by atoms with Crippen LogP contribution in [-0.4, -0.2) is 16.5 Å². The number of rotatable bonds is 2. The molecule has 0 saturated carbocycles. The van der Waals surface area contributed by atoms with Crippen molar-refractivity contribution in [1.82, 2.24) is 4.98 Å². The first-order valence-corrected chi connectivity index (χ1v) is 3.95. The molecule has 1 aromatic heterocycles. The van der Waals surface area contributed by atoms with E-state index in [1.54, 1.807) is 0 Å². The second-order valence-corrected chi connectivity index (χ2v) is 2.83. The summed E-state index contributed by atoms with van der Waals surface area (Å²) in [5.74, 6) is -2.00. The van der Waals surface area contributed by atoms with E-state index in [4.69, 9.17) is 5.11 Å². The third-order valence-corrected chi connectivity index (χ3v) is 1.60. The SMILES string of the molecule is Cc1nc(C(F)F)cc(OC(F)(F)F)c1O. The Labute approximate surface area is 86.5 Å². The van der Waals surface area contributed by atoms with E-state index in [2.05, 4.69) is 9.72 Å². The summed E-state index contributed by atoms with van der Waals surface area (Å²) in [6, 6.07) is 0.348. The van der Waals surface area contributed by atoms with Crippen molar-refractivity contribution < 1.29 is 31.8 Å². The van der Waals surface area contributed by atoms with Gasteiger partial charge in [0.1, 0.15) is 5.69 Å². The molecule has 1 N–H and O–H groups in total. The molecule has 0 atom stereocenters. The lowest BCUT2D eigenvalue weighted by atomic mass is 10.2. The Balaban J connectivity index is 3.17. The fourth-order valence-electron chi connectivity index (χ4n) is 0.974. The van der Waals surface area contributed by atoms with Gasteiger partial charge in [0, 0.05) is 6.07 Å². The number of pyridine rings is 1. The highest BCUT2D eigenvalue weighted by Gasteiger charge is 2.33. The molecule has 3 nitrogen and oxygen atoms in total. The molecule has 0 saturated heterocycles. The number of nitrogens with zero attached hydrogens (tertiary/aromatic N) is 1. The van der Waals surface area contributed by atoms with Gasteiger partial charge in [0.05, 0.1) is 5.69 Å². The summed E-state index contributed by atoms with van der Waals surface area (Å²) in [6.07, 6.45) is -8.11. The normalized spacial score (nSPS) is 11.9. The van der Waals surface area contributed by atoms with Crippen LogP contribution >= 0.6 is 0 Å². The van der Waals surface area contributed by atoms with Crippen LogP contribution in [0.3, 0.4) is 0 Å². The van der Waals surface area contributed by atoms with E-state index < -0.39 is 30.0 Å². The summed E-state index contributed by atoms with van der Waals surface area (Å²) >= 11 is 0. The Kier molecular flexibility index (Phi) is 3.20. The molecule has 1 heterocycles. The molecule has 0 unspecified atom stereocenters. The van der Waals surface area contributed by atoms with Gasteiger partial charge in [-0.3, -0.25) is 0 Å². The summed E-state index contributed by atoms with van der Waals surface area (Å²) in [7, 11) is 0. The Morgan fingerprint density at radius 2 is 1.94 bits per heavy atom. The molecule has 1 rings (SSSR count). The molecular weight excluding hydrogens is 237 g/mol. The molecular formula is C8H6F5NO2. The average Bonchev–Trinajstić information content (AvgIpc) is 2.10. The maximum Gasteiger partial charge on any atom is 0.573 e. The second-order valence-electron chi connectivity index (χ2n) is 2.83. The van der Waals surface area contributed by atoms with Crippen LogP contribution < -0.4 is 4.74 Å². The molecule has 0 bridgehead atoms. The maximum atomic E-state index is 12.2. The molecule has 1 aromatic rings. The number of aromatic hydroxyl groups is 1. The van der Waals surface area contributed by atoms with Gasteiger partial charge in [0.15, 0.2) is 11.5 Å². The molecule has 16 heavy (non-hydrogen) atoms. The third kappa shape index (κ3) is 2.94. The molecule has 0 amide bonds. The largest absolute Gasteiger partial charge is 0.573 e. The summed E-state index contributed by atoms with van der Waals surface area (Å²) < 4.78 is 63.3. The molecule has 0 aliphatic heterocycles. The third-order valence-electron chi connectivity index (χ3n) is 1.60. The zero-order valence-electron chi connectivity index (χ0n) is 7.85. The maximum absolute atomic E-state index is 12.2. The lowest BCUT2D eigenvalue weighted by molar-refractivity contribution is -0.275. The number of alkyl halides is 5. The van der Waals surface area contributed by atoms with Crippen LogP contribution in [-0.2, 0) is 0 Å². The van der Waals surface area contributed by atoms with Gasteiger partial charge in [-0.1, -0.05) is 0 Å². The van der Waals surface area contributed by atoms with Gasteiger partial charge in [-0.15, -0.1) is 13.2 Å². The fraction of sp³-hybridized carbons (Fsp3) is 0.375. The summed E-state index contributed by atoms with van der Waals surface area (Å²) in [5.41, 5.74) is -1.26. The van der Waals surface area contributed by atoms with Crippen molar-refractivity contribution in [2.24, 2.45) is 0 Å². The molecule has 0 spiro atoms. The van der Waals surface area contributed by atoms with E-state index in [9.17, 15) is 22.0 Å². The van der Waals surface area contributed by atoms with Crippen molar-refractivity contribution in [3.8, 4) is 11.5 Å². The van der Waals surface area contributed by atoms with E-state index >= 15 is 0 Å². The highest BCUT2D eigenvalue weighted by Crippen LogP contribution is 2.35. The predicted octanol–water partition coefficient (Wildman–Crippen LogP) is 2.93. The second kappa shape index (κ2) is 4.11. The highest BCUT2D eigenvalue weighted by molar-refractivity contribution is 5.43. The lowest BCUT2D eigenvalue weighted by Crippen LogP contribution is -2.17. The quantitative estimate of drug-likeness (QED) is 0.812. The zero-order chi connectivity index (χ0) is 12.5. The molecule has 0 radical (unpaired) electrons. The van der Waals surface area contributed by atoms with Crippen molar-refractivity contribution in [1.29, 1.82) is 0 Å². The minimum Gasteiger partial charge on any atom is -0.503 e. The Morgan fingerprint density at radius 1 is 1.38 bits per heavy atom. The van der Waals surface area contributed by atoms with Gasteiger partial charge < -0.3 is 9.84 Å². The van der Waals surface area contributed by atoms with Crippen LogP contribution in [0.4, 0.5) is 22.0 Å². The monoisotopic (exact) mass is 243 g/mol. The van der Waals surface area contributed by atoms with E-state index in [-0.39, 0.29) is 5.69 Å². The Hall–Kier alpha value is -1.60. The van der Waals surface area contributed by atoms with Gasteiger partial charge >= 0.3 is 6.36 Å². The lowest BCUT2D eigenvalue weighted by Gasteiger charge is -2.12. The van der Waals surface area contributed by atoms with Crippen LogP contribution in [0.2, 0.25) is 0 Å². The molecule has 0 aromatic carbocycles. The number of hydrogen-bond donors (Lipinski definition) is 1. The number of aromatic nitrogens is 1. The van der Waals surface area contributed by atoms with E-state index in [0.717, 1.165) is 6.92 Å². The highest BCUT2D eigenvalue weighted by atomic mass is 19.4. The smallest absolute Gasteiger partial charge is 0.503 e. The van der Waals surface area contributed by atoms with Gasteiger partial charge in [-0.05, 0) is 6.92 Å². The van der Waals surface area contributed by atoms with Gasteiger partial charge in [-0.25, -0.2) is 13.8 Å². The van der Waals surface area contributed by atoms with Gasteiger partial charge in [0.25, 0.3) is 6.43 Å². The van der Waals surface area contributed by atoms with Crippen molar-refractivity contribution >= 4 is 0 Å². The van der Waals surface area contributed by atoms with Crippen LogP contribution in [0.15, 0.2) is 6.07 Å². The fourth-order valence-corrected chi connectivity index (χ4v) is 0.974. The Morgan fingerprint density at radius 3 is 2.38 bits per heavy atom. The first-order valence-electron chi connectivity index (χ1n) is 3.95. The molecule has 8 heteroatoms. The van der Waals surface area contributed by atoms with E-state index in [0.29, 0.717) is 6.07 Å². The predicted molar refractivity (Wildman–Crippen MR) is 42.3 cm³/mol. The van der Waals surface area contributed by atoms with Gasteiger partial charge in [-0.2, -0.15) is 0 Å². The minimum atomic E-state index is -5.06.